The Morgan fingerprint density at radius 1 is 1.27 bits per heavy atom. The van der Waals surface area contributed by atoms with Crippen LogP contribution >= 0.6 is 0 Å². The van der Waals surface area contributed by atoms with Crippen LogP contribution in [0.1, 0.15) is 35.7 Å². The molecule has 0 fully saturated rings. The largest absolute Gasteiger partial charge is 0.478 e. The van der Waals surface area contributed by atoms with Crippen LogP contribution in [0.25, 0.3) is 11.1 Å². The molecule has 8 heteroatoms. The Bertz CT molecular complexity index is 1110. The Kier molecular flexibility index (Phi) is 5.83. The third kappa shape index (κ3) is 3.86. The molecular weight excluding hydrogens is 386 g/mol. The molecule has 0 radical (unpaired) electrons. The van der Waals surface area contributed by atoms with E-state index in [0.29, 0.717) is 11.1 Å². The second kappa shape index (κ2) is 8.49. The van der Waals surface area contributed by atoms with E-state index >= 15 is 0 Å². The molecule has 0 spiro atoms. The number of pyridine rings is 1. The molecule has 0 amide bonds. The third-order valence-corrected chi connectivity index (χ3v) is 4.66. The van der Waals surface area contributed by atoms with Gasteiger partial charge in [0, 0.05) is 18.0 Å². The molecule has 2 heterocycles. The molecule has 1 atom stereocenters. The van der Waals surface area contributed by atoms with Gasteiger partial charge in [0.25, 0.3) is 0 Å². The van der Waals surface area contributed by atoms with E-state index in [9.17, 15) is 14.9 Å². The number of carbonyl (C=O) groups is 2. The Morgan fingerprint density at radius 3 is 2.57 bits per heavy atom. The molecule has 1 aromatic carbocycles. The third-order valence-electron chi connectivity index (χ3n) is 4.66. The minimum atomic E-state index is -1.07. The number of esters is 1. The molecule has 30 heavy (non-hydrogen) atoms. The van der Waals surface area contributed by atoms with Gasteiger partial charge in [0.05, 0.1) is 23.7 Å². The van der Waals surface area contributed by atoms with Gasteiger partial charge >= 0.3 is 11.9 Å². The number of carboxylic acid groups (broad SMARTS) is 1. The van der Waals surface area contributed by atoms with Crippen LogP contribution in [0.15, 0.2) is 65.5 Å². The molecule has 0 aliphatic carbocycles. The van der Waals surface area contributed by atoms with E-state index in [4.69, 9.17) is 20.3 Å². The van der Waals surface area contributed by atoms with Crippen LogP contribution in [0.3, 0.4) is 0 Å². The van der Waals surface area contributed by atoms with Crippen LogP contribution in [-0.4, -0.2) is 28.6 Å². The fourth-order valence-electron chi connectivity index (χ4n) is 3.27. The van der Waals surface area contributed by atoms with E-state index in [1.165, 1.54) is 12.3 Å². The molecule has 152 valence electrons. The zero-order chi connectivity index (χ0) is 21.8. The van der Waals surface area contributed by atoms with Crippen molar-refractivity contribution in [2.24, 2.45) is 5.73 Å². The van der Waals surface area contributed by atoms with Gasteiger partial charge in [-0.3, -0.25) is 4.98 Å². The summed E-state index contributed by atoms with van der Waals surface area (Å²) in [5, 5.41) is 18.8. The maximum absolute atomic E-state index is 12.6. The van der Waals surface area contributed by atoms with Gasteiger partial charge in [0.2, 0.25) is 5.88 Å². The normalized spacial score (nSPS) is 16.0. The summed E-state index contributed by atoms with van der Waals surface area (Å²) in [6, 6.07) is 10.6. The second-order valence-electron chi connectivity index (χ2n) is 6.50. The van der Waals surface area contributed by atoms with Gasteiger partial charge in [-0.25, -0.2) is 9.59 Å². The molecule has 2 aromatic rings. The molecule has 3 rings (SSSR count). The van der Waals surface area contributed by atoms with Crippen LogP contribution in [0.4, 0.5) is 0 Å². The summed E-state index contributed by atoms with van der Waals surface area (Å²) in [7, 11) is 0. The van der Waals surface area contributed by atoms with E-state index < -0.39 is 17.9 Å². The van der Waals surface area contributed by atoms with Gasteiger partial charge < -0.3 is 20.3 Å². The highest BCUT2D eigenvalue weighted by Gasteiger charge is 2.36. The van der Waals surface area contributed by atoms with Gasteiger partial charge in [-0.2, -0.15) is 5.26 Å². The number of carbonyl (C=O) groups excluding carboxylic acids is 1. The molecule has 3 N–H and O–H groups in total. The molecular formula is C22H19N3O5. The van der Waals surface area contributed by atoms with Gasteiger partial charge in [0.15, 0.2) is 0 Å². The number of rotatable bonds is 5. The summed E-state index contributed by atoms with van der Waals surface area (Å²) in [5.74, 6) is -2.17. The Hall–Kier alpha value is -4.12. The number of allylic oxidation sites excluding steroid dienone is 2. The maximum Gasteiger partial charge on any atom is 0.338 e. The average molecular weight is 405 g/mol. The lowest BCUT2D eigenvalue weighted by molar-refractivity contribution is -0.139. The van der Waals surface area contributed by atoms with Gasteiger partial charge in [-0.1, -0.05) is 24.3 Å². The number of ether oxygens (including phenoxy) is 2. The second-order valence-corrected chi connectivity index (χ2v) is 6.50. The van der Waals surface area contributed by atoms with E-state index in [-0.39, 0.29) is 35.0 Å². The fourth-order valence-corrected chi connectivity index (χ4v) is 3.27. The van der Waals surface area contributed by atoms with E-state index in [1.54, 1.807) is 44.3 Å². The lowest BCUT2D eigenvalue weighted by Gasteiger charge is -2.27. The fraction of sp³-hybridized carbons (Fsp3) is 0.182. The Labute approximate surface area is 172 Å². The number of benzene rings is 1. The molecule has 1 unspecified atom stereocenters. The van der Waals surface area contributed by atoms with Crippen LogP contribution in [0.5, 0.6) is 0 Å². The van der Waals surface area contributed by atoms with Crippen LogP contribution in [-0.2, 0) is 14.3 Å². The smallest absolute Gasteiger partial charge is 0.338 e. The van der Waals surface area contributed by atoms with Crippen molar-refractivity contribution in [2.75, 3.05) is 6.61 Å². The Balaban J connectivity index is 2.05. The van der Waals surface area contributed by atoms with Gasteiger partial charge in [-0.15, -0.1) is 0 Å². The number of aromatic nitrogens is 1. The number of hydrogen-bond acceptors (Lipinski definition) is 7. The molecule has 1 aliphatic rings. The Morgan fingerprint density at radius 2 is 1.97 bits per heavy atom. The quantitative estimate of drug-likeness (QED) is 0.724. The predicted molar refractivity (Wildman–Crippen MR) is 107 cm³/mol. The predicted octanol–water partition coefficient (Wildman–Crippen LogP) is 3.09. The SMILES string of the molecule is CCOC(=O)C1=C(C)OC(N)=C(C#N)C1c1ccc(-c2cncc(C(=O)O)c2)cc1. The zero-order valence-corrected chi connectivity index (χ0v) is 16.4. The van der Waals surface area contributed by atoms with E-state index in [0.717, 1.165) is 5.56 Å². The lowest BCUT2D eigenvalue weighted by Crippen LogP contribution is -2.25. The van der Waals surface area contributed by atoms with Gasteiger partial charge in [-0.05, 0) is 31.0 Å². The molecule has 1 aliphatic heterocycles. The number of aromatic carboxylic acids is 1. The number of nitriles is 1. The van der Waals surface area contributed by atoms with Crippen molar-refractivity contribution in [1.82, 2.24) is 4.98 Å². The van der Waals surface area contributed by atoms with Crippen molar-refractivity contribution in [1.29, 1.82) is 5.26 Å². The molecule has 1 aromatic heterocycles. The highest BCUT2D eigenvalue weighted by atomic mass is 16.5. The maximum atomic E-state index is 12.6. The van der Waals surface area contributed by atoms with Crippen molar-refractivity contribution in [3.63, 3.8) is 0 Å². The minimum Gasteiger partial charge on any atom is -0.478 e. The zero-order valence-electron chi connectivity index (χ0n) is 16.4. The highest BCUT2D eigenvalue weighted by Crippen LogP contribution is 2.40. The number of nitrogens with zero attached hydrogens (tertiary/aromatic N) is 2. The van der Waals surface area contributed by atoms with Crippen LogP contribution < -0.4 is 5.73 Å². The highest BCUT2D eigenvalue weighted by molar-refractivity contribution is 5.92. The van der Waals surface area contributed by atoms with E-state index in [2.05, 4.69) is 4.98 Å². The standard InChI is InChI=1S/C22H19N3O5/c1-3-29-22(28)18-12(2)30-20(24)17(9-23)19(18)14-6-4-13(5-7-14)15-8-16(21(26)27)11-25-10-15/h4-8,10-11,19H,3,24H2,1-2H3,(H,26,27). The monoisotopic (exact) mass is 405 g/mol. The summed E-state index contributed by atoms with van der Waals surface area (Å²) < 4.78 is 10.5. The van der Waals surface area contributed by atoms with E-state index in [1.807, 2.05) is 6.07 Å². The topological polar surface area (TPSA) is 136 Å². The first-order chi connectivity index (χ1) is 14.4. The first-order valence-corrected chi connectivity index (χ1v) is 9.11. The first kappa shape index (κ1) is 20.6. The number of nitrogens with two attached hydrogens (primary N) is 1. The van der Waals surface area contributed by atoms with Crippen molar-refractivity contribution < 1.29 is 24.2 Å². The molecule has 0 saturated carbocycles. The molecule has 0 saturated heterocycles. The summed E-state index contributed by atoms with van der Waals surface area (Å²) in [6.07, 6.45) is 2.83. The summed E-state index contributed by atoms with van der Waals surface area (Å²) in [6.45, 7) is 3.46. The molecule has 8 nitrogen and oxygen atoms in total. The molecule has 0 bridgehead atoms. The van der Waals surface area contributed by atoms with Crippen molar-refractivity contribution in [3.8, 4) is 17.2 Å². The number of carboxylic acids is 1. The first-order valence-electron chi connectivity index (χ1n) is 9.11. The summed E-state index contributed by atoms with van der Waals surface area (Å²) >= 11 is 0. The summed E-state index contributed by atoms with van der Waals surface area (Å²) in [5.41, 5.74) is 8.30. The average Bonchev–Trinajstić information content (AvgIpc) is 2.73. The number of hydrogen-bond donors (Lipinski definition) is 2. The van der Waals surface area contributed by atoms with Gasteiger partial charge in [0.1, 0.15) is 17.4 Å². The van der Waals surface area contributed by atoms with Crippen molar-refractivity contribution in [2.45, 2.75) is 19.8 Å². The van der Waals surface area contributed by atoms with Crippen molar-refractivity contribution in [3.05, 3.63) is 76.6 Å². The lowest BCUT2D eigenvalue weighted by atomic mass is 9.82. The van der Waals surface area contributed by atoms with Crippen LogP contribution in [0.2, 0.25) is 0 Å². The summed E-state index contributed by atoms with van der Waals surface area (Å²) in [4.78, 5) is 27.7. The minimum absolute atomic E-state index is 0.0597. The van der Waals surface area contributed by atoms with Crippen molar-refractivity contribution >= 4 is 11.9 Å². The van der Waals surface area contributed by atoms with Crippen LogP contribution in [0, 0.1) is 11.3 Å².